The van der Waals surface area contributed by atoms with Gasteiger partial charge >= 0.3 is 0 Å². The zero-order chi connectivity index (χ0) is 14.8. The van der Waals surface area contributed by atoms with E-state index in [1.54, 1.807) is 6.07 Å². The van der Waals surface area contributed by atoms with Crippen LogP contribution in [0.25, 0.3) is 0 Å². The zero-order valence-corrected chi connectivity index (χ0v) is 13.8. The smallest absolute Gasteiger partial charge is 0.0472 e. The molecule has 0 amide bonds. The molecule has 0 spiro atoms. The topological polar surface area (TPSA) is 32.5 Å². The molecule has 0 aromatic heterocycles. The minimum absolute atomic E-state index is 0.213. The summed E-state index contributed by atoms with van der Waals surface area (Å²) in [6, 6.07) is 6.68. The van der Waals surface area contributed by atoms with E-state index in [2.05, 4.69) is 9.80 Å². The second-order valence-corrected chi connectivity index (χ2v) is 7.01. The van der Waals surface area contributed by atoms with Crippen LogP contribution in [0.5, 0.6) is 0 Å². The number of fused-ring (bicyclic) bond motifs is 1. The van der Waals surface area contributed by atoms with Gasteiger partial charge in [0.15, 0.2) is 0 Å². The number of hydrogen-bond acceptors (Lipinski definition) is 3. The number of piperidine rings is 1. The van der Waals surface area contributed by atoms with Crippen molar-refractivity contribution in [2.24, 2.45) is 5.73 Å². The molecule has 0 aliphatic carbocycles. The van der Waals surface area contributed by atoms with Crippen molar-refractivity contribution in [3.8, 4) is 0 Å². The number of nitrogens with zero attached hydrogens (tertiary/aromatic N) is 2. The van der Waals surface area contributed by atoms with Crippen LogP contribution < -0.4 is 5.73 Å². The minimum Gasteiger partial charge on any atom is -0.329 e. The Morgan fingerprint density at radius 2 is 1.86 bits per heavy atom. The highest BCUT2D eigenvalue weighted by Crippen LogP contribution is 2.30. The Kier molecular flexibility index (Phi) is 5.07. The lowest BCUT2D eigenvalue weighted by atomic mass is 9.97. The summed E-state index contributed by atoms with van der Waals surface area (Å²) < 4.78 is 0. The monoisotopic (exact) mass is 327 g/mol. The fourth-order valence-corrected chi connectivity index (χ4v) is 4.27. The second-order valence-electron chi connectivity index (χ2n) is 6.13. The molecule has 2 aliphatic rings. The molecule has 2 unspecified atom stereocenters. The normalized spacial score (nSPS) is 25.6. The summed E-state index contributed by atoms with van der Waals surface area (Å²) in [7, 11) is 0. The average molecular weight is 328 g/mol. The molecule has 0 radical (unpaired) electrons. The van der Waals surface area contributed by atoms with Crippen molar-refractivity contribution < 1.29 is 0 Å². The van der Waals surface area contributed by atoms with E-state index < -0.39 is 0 Å². The number of nitrogens with two attached hydrogens (primary N) is 1. The summed E-state index contributed by atoms with van der Waals surface area (Å²) in [6.07, 6.45) is 4.01. The SMILES string of the molecule is NCC(c1cc(Cl)cc(Cl)c1)N1CCN2CCCCC2C1. The zero-order valence-electron chi connectivity index (χ0n) is 12.3. The maximum Gasteiger partial charge on any atom is 0.0472 e. The Morgan fingerprint density at radius 3 is 2.57 bits per heavy atom. The molecule has 2 N–H and O–H groups in total. The van der Waals surface area contributed by atoms with Gasteiger partial charge in [-0.05, 0) is 43.1 Å². The van der Waals surface area contributed by atoms with Crippen LogP contribution in [0.15, 0.2) is 18.2 Å². The van der Waals surface area contributed by atoms with Gasteiger partial charge in [0.25, 0.3) is 0 Å². The Bertz CT molecular complexity index is 474. The van der Waals surface area contributed by atoms with Gasteiger partial charge in [0.05, 0.1) is 0 Å². The van der Waals surface area contributed by atoms with Crippen LogP contribution in [0.3, 0.4) is 0 Å². The van der Waals surface area contributed by atoms with Crippen molar-refractivity contribution in [3.63, 3.8) is 0 Å². The van der Waals surface area contributed by atoms with E-state index in [-0.39, 0.29) is 6.04 Å². The van der Waals surface area contributed by atoms with Crippen LogP contribution >= 0.6 is 23.2 Å². The number of rotatable bonds is 3. The Hall–Kier alpha value is -0.320. The minimum atomic E-state index is 0.213. The first-order chi connectivity index (χ1) is 10.2. The van der Waals surface area contributed by atoms with Crippen molar-refractivity contribution in [1.29, 1.82) is 0 Å². The lowest BCUT2D eigenvalue weighted by Crippen LogP contribution is -2.56. The lowest BCUT2D eigenvalue weighted by Gasteiger charge is -2.46. The van der Waals surface area contributed by atoms with E-state index in [4.69, 9.17) is 28.9 Å². The quantitative estimate of drug-likeness (QED) is 0.925. The van der Waals surface area contributed by atoms with Gasteiger partial charge < -0.3 is 5.73 Å². The van der Waals surface area contributed by atoms with E-state index in [1.165, 1.54) is 25.8 Å². The first-order valence-electron chi connectivity index (χ1n) is 7.81. The molecule has 5 heteroatoms. The third-order valence-electron chi connectivity index (χ3n) is 4.80. The Balaban J connectivity index is 1.76. The molecule has 1 aromatic rings. The first-order valence-corrected chi connectivity index (χ1v) is 8.57. The summed E-state index contributed by atoms with van der Waals surface area (Å²) >= 11 is 12.3. The first kappa shape index (κ1) is 15.6. The molecular weight excluding hydrogens is 305 g/mol. The van der Waals surface area contributed by atoms with Crippen molar-refractivity contribution >= 4 is 23.2 Å². The van der Waals surface area contributed by atoms with Gasteiger partial charge in [-0.25, -0.2) is 0 Å². The fourth-order valence-electron chi connectivity index (χ4n) is 3.73. The van der Waals surface area contributed by atoms with Crippen LogP contribution in [-0.2, 0) is 0 Å². The maximum absolute atomic E-state index is 6.15. The van der Waals surface area contributed by atoms with Gasteiger partial charge in [-0.1, -0.05) is 29.6 Å². The molecule has 1 aromatic carbocycles. The van der Waals surface area contributed by atoms with Gasteiger partial charge in [0.1, 0.15) is 0 Å². The Labute approximate surface area is 137 Å². The van der Waals surface area contributed by atoms with Crippen LogP contribution in [0.4, 0.5) is 0 Å². The second kappa shape index (κ2) is 6.84. The summed E-state index contributed by atoms with van der Waals surface area (Å²) in [4.78, 5) is 5.15. The summed E-state index contributed by atoms with van der Waals surface area (Å²) in [6.45, 7) is 5.18. The highest BCUT2D eigenvalue weighted by atomic mass is 35.5. The van der Waals surface area contributed by atoms with E-state index in [9.17, 15) is 0 Å². The summed E-state index contributed by atoms with van der Waals surface area (Å²) in [5.41, 5.74) is 7.20. The number of benzene rings is 1. The van der Waals surface area contributed by atoms with Gasteiger partial charge in [0, 0.05) is 48.3 Å². The summed E-state index contributed by atoms with van der Waals surface area (Å²) in [5, 5.41) is 1.37. The molecule has 116 valence electrons. The van der Waals surface area contributed by atoms with Gasteiger partial charge in [0.2, 0.25) is 0 Å². The summed E-state index contributed by atoms with van der Waals surface area (Å²) in [5.74, 6) is 0. The van der Waals surface area contributed by atoms with Gasteiger partial charge in [-0.2, -0.15) is 0 Å². The van der Waals surface area contributed by atoms with E-state index >= 15 is 0 Å². The molecule has 2 saturated heterocycles. The Morgan fingerprint density at radius 1 is 1.10 bits per heavy atom. The molecular formula is C16H23Cl2N3. The predicted molar refractivity (Wildman–Crippen MR) is 89.0 cm³/mol. The number of hydrogen-bond donors (Lipinski definition) is 1. The molecule has 3 rings (SSSR count). The number of halogens is 2. The van der Waals surface area contributed by atoms with Crippen molar-refractivity contribution in [1.82, 2.24) is 9.80 Å². The molecule has 2 heterocycles. The number of piperazine rings is 1. The largest absolute Gasteiger partial charge is 0.329 e. The van der Waals surface area contributed by atoms with E-state index in [1.807, 2.05) is 12.1 Å². The van der Waals surface area contributed by atoms with Crippen molar-refractivity contribution in [2.75, 3.05) is 32.7 Å². The molecule has 2 aliphatic heterocycles. The molecule has 2 atom stereocenters. The van der Waals surface area contributed by atoms with E-state index in [0.29, 0.717) is 22.6 Å². The van der Waals surface area contributed by atoms with Gasteiger partial charge in [-0.3, -0.25) is 9.80 Å². The predicted octanol–water partition coefficient (Wildman–Crippen LogP) is 3.16. The van der Waals surface area contributed by atoms with Crippen LogP contribution in [0.2, 0.25) is 10.0 Å². The molecule has 0 saturated carbocycles. The van der Waals surface area contributed by atoms with Crippen LogP contribution in [-0.4, -0.2) is 48.6 Å². The molecule has 2 fully saturated rings. The maximum atomic E-state index is 6.15. The van der Waals surface area contributed by atoms with E-state index in [0.717, 1.165) is 25.2 Å². The third-order valence-corrected chi connectivity index (χ3v) is 5.24. The molecule has 0 bridgehead atoms. The van der Waals surface area contributed by atoms with Crippen LogP contribution in [0.1, 0.15) is 30.9 Å². The molecule has 3 nitrogen and oxygen atoms in total. The third kappa shape index (κ3) is 3.54. The highest BCUT2D eigenvalue weighted by molar-refractivity contribution is 6.34. The fraction of sp³-hybridized carbons (Fsp3) is 0.625. The molecule has 21 heavy (non-hydrogen) atoms. The van der Waals surface area contributed by atoms with Crippen molar-refractivity contribution in [3.05, 3.63) is 33.8 Å². The van der Waals surface area contributed by atoms with Crippen molar-refractivity contribution in [2.45, 2.75) is 31.3 Å². The standard InChI is InChI=1S/C16H23Cl2N3/c17-13-7-12(8-14(18)9-13)16(10-19)21-6-5-20-4-2-1-3-15(20)11-21/h7-9,15-16H,1-6,10-11,19H2. The van der Waals surface area contributed by atoms with Gasteiger partial charge in [-0.15, -0.1) is 0 Å². The van der Waals surface area contributed by atoms with Crippen LogP contribution in [0, 0.1) is 0 Å². The average Bonchev–Trinajstić information content (AvgIpc) is 2.47. The lowest BCUT2D eigenvalue weighted by molar-refractivity contribution is 0.0286. The highest BCUT2D eigenvalue weighted by Gasteiger charge is 2.32.